The van der Waals surface area contributed by atoms with Crippen LogP contribution in [0, 0.1) is 0 Å². The van der Waals surface area contributed by atoms with E-state index in [0.29, 0.717) is 0 Å². The van der Waals surface area contributed by atoms with Gasteiger partial charge in [0.05, 0.1) is 0 Å². The molecule has 0 N–H and O–H groups in total. The Morgan fingerprint density at radius 3 is 1.43 bits per heavy atom. The zero-order chi connectivity index (χ0) is 16.6. The van der Waals surface area contributed by atoms with Crippen LogP contribution in [0.4, 0.5) is 0 Å². The van der Waals surface area contributed by atoms with E-state index >= 15 is 0 Å². The number of rotatable bonds is 3. The van der Waals surface area contributed by atoms with Gasteiger partial charge in [-0.25, -0.2) is 0 Å². The van der Waals surface area contributed by atoms with Crippen molar-refractivity contribution in [3.8, 4) is 0 Å². The van der Waals surface area contributed by atoms with Gasteiger partial charge in [-0.1, -0.05) is 50.4 Å². The molecule has 5 aromatic carbocycles. The van der Waals surface area contributed by atoms with E-state index in [0.717, 1.165) is 0 Å². The van der Waals surface area contributed by atoms with Crippen LogP contribution in [0.1, 0.15) is 0 Å². The first kappa shape index (κ1) is 22.9. The van der Waals surface area contributed by atoms with Gasteiger partial charge in [0.15, 0.2) is 0 Å². The molecule has 5 aromatic rings. The Hall–Kier alpha value is -1.40. The molecule has 0 aromatic heterocycles. The van der Waals surface area contributed by atoms with Crippen LogP contribution in [0.15, 0.2) is 103 Å². The second-order valence-corrected chi connectivity index (χ2v) is 8.58. The summed E-state index contributed by atoms with van der Waals surface area (Å²) in [6, 6.07) is 37.7. The van der Waals surface area contributed by atoms with Gasteiger partial charge in [0, 0.05) is 0 Å². The summed E-state index contributed by atoms with van der Waals surface area (Å²) in [7, 11) is -0.540. The molecule has 0 aliphatic rings. The maximum Gasteiger partial charge on any atom is 4.00 e. The van der Waals surface area contributed by atoms with Gasteiger partial charge in [0.2, 0.25) is 0 Å². The monoisotopic (exact) mass is 454 g/mol. The van der Waals surface area contributed by atoms with Gasteiger partial charge in [-0.3, -0.25) is 0 Å². The molecule has 4 heteroatoms. The Labute approximate surface area is 194 Å². The molecule has 0 aliphatic heterocycles. The Kier molecular flexibility index (Phi) is 8.08. The summed E-state index contributed by atoms with van der Waals surface area (Å²) < 4.78 is 0. The topological polar surface area (TPSA) is 0 Å². The Bertz CT molecular complexity index is 1020. The molecule has 0 saturated carbocycles. The molecule has 0 heterocycles. The van der Waals surface area contributed by atoms with Crippen LogP contribution in [-0.2, 0) is 21.7 Å². The Morgan fingerprint density at radius 2 is 0.964 bits per heavy atom. The minimum absolute atomic E-state index is 0. The van der Waals surface area contributed by atoms with E-state index in [1.165, 1.54) is 37.5 Å². The SMILES string of the molecule is [Cl-].[Cl-].[Ti+4].c1ccc(P(c2cc3ccccc3[cH-]2)c2cc3ccccc3[cH-]2)cc1. The second kappa shape index (κ2) is 9.88. The fraction of sp³-hybridized carbons (Fsp3) is 0. The molecule has 0 fully saturated rings. The minimum atomic E-state index is -0.540. The van der Waals surface area contributed by atoms with Gasteiger partial charge < -0.3 is 24.8 Å². The summed E-state index contributed by atoms with van der Waals surface area (Å²) in [5.74, 6) is 0. The first-order valence-electron chi connectivity index (χ1n) is 8.55. The van der Waals surface area contributed by atoms with E-state index in [1.54, 1.807) is 0 Å². The van der Waals surface area contributed by atoms with Crippen molar-refractivity contribution >= 4 is 45.4 Å². The molecular weight excluding hydrogens is 438 g/mol. The molecule has 0 nitrogen and oxygen atoms in total. The van der Waals surface area contributed by atoms with Crippen LogP contribution < -0.4 is 40.7 Å². The van der Waals surface area contributed by atoms with Gasteiger partial charge in [0.1, 0.15) is 0 Å². The van der Waals surface area contributed by atoms with Crippen molar-refractivity contribution in [1.82, 2.24) is 0 Å². The number of halogens is 2. The summed E-state index contributed by atoms with van der Waals surface area (Å²) in [6.45, 7) is 0. The van der Waals surface area contributed by atoms with E-state index < -0.39 is 7.92 Å². The van der Waals surface area contributed by atoms with Crippen molar-refractivity contribution in [2.45, 2.75) is 0 Å². The third-order valence-corrected chi connectivity index (χ3v) is 7.10. The zero-order valence-corrected chi connectivity index (χ0v) is 19.0. The molecule has 0 spiro atoms. The summed E-state index contributed by atoms with van der Waals surface area (Å²) in [4.78, 5) is 0. The fourth-order valence-electron chi connectivity index (χ4n) is 3.55. The molecule has 0 atom stereocenters. The summed E-state index contributed by atoms with van der Waals surface area (Å²) >= 11 is 0. The zero-order valence-electron chi connectivity index (χ0n) is 15.0. The molecular formula is C24H17Cl2PTi. The predicted molar refractivity (Wildman–Crippen MR) is 111 cm³/mol. The maximum atomic E-state index is 2.37. The van der Waals surface area contributed by atoms with Gasteiger partial charge in [0.25, 0.3) is 0 Å². The smallest absolute Gasteiger partial charge is 1.00 e. The third kappa shape index (κ3) is 4.28. The van der Waals surface area contributed by atoms with Crippen LogP contribution in [-0.4, -0.2) is 0 Å². The standard InChI is InChI=1S/C24H17P.2ClH.Ti/c1-2-12-22(13-3-1)25(23-14-18-8-4-5-9-19(18)15-23)24-16-20-10-6-7-11-21(20)17-24;;;/h1-17H;2*1H;/q-2;;;+4/p-2. The first-order valence-corrected chi connectivity index (χ1v) is 9.89. The second-order valence-electron chi connectivity index (χ2n) is 6.36. The summed E-state index contributed by atoms with van der Waals surface area (Å²) in [5.41, 5.74) is 0. The van der Waals surface area contributed by atoms with Crippen molar-refractivity contribution < 1.29 is 46.5 Å². The van der Waals surface area contributed by atoms with Crippen molar-refractivity contribution in [1.29, 1.82) is 0 Å². The largest absolute Gasteiger partial charge is 4.00 e. The normalized spacial score (nSPS) is 10.3. The third-order valence-electron chi connectivity index (χ3n) is 4.74. The number of hydrogen-bond donors (Lipinski definition) is 0. The molecule has 0 amide bonds. The van der Waals surface area contributed by atoms with E-state index in [9.17, 15) is 0 Å². The number of fused-ring (bicyclic) bond motifs is 2. The molecule has 0 saturated heterocycles. The van der Waals surface area contributed by atoms with Crippen LogP contribution in [0.25, 0.3) is 21.5 Å². The number of benzene rings is 3. The summed E-state index contributed by atoms with van der Waals surface area (Å²) in [6.07, 6.45) is 0. The quantitative estimate of drug-likeness (QED) is 0.190. The van der Waals surface area contributed by atoms with Crippen molar-refractivity contribution in [3.05, 3.63) is 103 Å². The Morgan fingerprint density at radius 1 is 0.536 bits per heavy atom. The maximum absolute atomic E-state index is 2.37. The van der Waals surface area contributed by atoms with Crippen molar-refractivity contribution in [2.24, 2.45) is 0 Å². The average Bonchev–Trinajstić information content (AvgIpc) is 3.26. The number of hydrogen-bond acceptors (Lipinski definition) is 0. The van der Waals surface area contributed by atoms with E-state index in [1.807, 2.05) is 0 Å². The Balaban J connectivity index is 0.000000934. The summed E-state index contributed by atoms with van der Waals surface area (Å²) in [5, 5.41) is 9.58. The van der Waals surface area contributed by atoms with Crippen molar-refractivity contribution in [2.75, 3.05) is 0 Å². The molecule has 0 unspecified atom stereocenters. The van der Waals surface area contributed by atoms with Gasteiger partial charge >= 0.3 is 21.7 Å². The van der Waals surface area contributed by atoms with Gasteiger partial charge in [-0.2, -0.15) is 12.1 Å². The molecule has 5 rings (SSSR count). The molecule has 0 aliphatic carbocycles. The van der Waals surface area contributed by atoms with Gasteiger partial charge in [-0.05, 0) is 5.30 Å². The van der Waals surface area contributed by atoms with Crippen LogP contribution >= 0.6 is 7.92 Å². The van der Waals surface area contributed by atoms with Crippen LogP contribution in [0.2, 0.25) is 0 Å². The van der Waals surface area contributed by atoms with E-state index in [2.05, 4.69) is 103 Å². The molecule has 0 bridgehead atoms. The van der Waals surface area contributed by atoms with Crippen LogP contribution in [0.3, 0.4) is 0 Å². The fourth-order valence-corrected chi connectivity index (χ4v) is 5.99. The first-order chi connectivity index (χ1) is 12.4. The molecule has 136 valence electrons. The van der Waals surface area contributed by atoms with Crippen molar-refractivity contribution in [3.63, 3.8) is 0 Å². The average molecular weight is 455 g/mol. The molecule has 0 radical (unpaired) electrons. The van der Waals surface area contributed by atoms with E-state index in [4.69, 9.17) is 0 Å². The van der Waals surface area contributed by atoms with Crippen LogP contribution in [0.5, 0.6) is 0 Å². The minimum Gasteiger partial charge on any atom is -1.00 e. The predicted octanol–water partition coefficient (Wildman–Crippen LogP) is -0.805. The van der Waals surface area contributed by atoms with Gasteiger partial charge in [-0.15, -0.1) is 80.7 Å². The molecule has 28 heavy (non-hydrogen) atoms. The van der Waals surface area contributed by atoms with E-state index in [-0.39, 0.29) is 46.5 Å².